The predicted molar refractivity (Wildman–Crippen MR) is 90.8 cm³/mol. The Hall–Kier alpha value is -2.42. The van der Waals surface area contributed by atoms with Crippen molar-refractivity contribution in [1.82, 2.24) is 4.98 Å². The molecule has 3 heteroatoms. The lowest BCUT2D eigenvalue weighted by Gasteiger charge is -2.27. The Balaban J connectivity index is 2.05. The second kappa shape index (κ2) is 4.29. The Morgan fingerprint density at radius 1 is 1.14 bits per heavy atom. The van der Waals surface area contributed by atoms with E-state index < -0.39 is 0 Å². The van der Waals surface area contributed by atoms with Crippen molar-refractivity contribution in [3.63, 3.8) is 0 Å². The van der Waals surface area contributed by atoms with E-state index in [0.717, 1.165) is 33.7 Å². The molecule has 0 atom stereocenters. The van der Waals surface area contributed by atoms with E-state index >= 15 is 0 Å². The number of aryl methyl sites for hydroxylation is 1. The van der Waals surface area contributed by atoms with Crippen LogP contribution in [0.2, 0.25) is 0 Å². The van der Waals surface area contributed by atoms with Crippen molar-refractivity contribution in [3.8, 4) is 11.5 Å². The number of benzene rings is 2. The van der Waals surface area contributed by atoms with Gasteiger partial charge < -0.3 is 14.5 Å². The van der Waals surface area contributed by atoms with Crippen molar-refractivity contribution in [2.45, 2.75) is 26.4 Å². The maximum absolute atomic E-state index is 6.06. The summed E-state index contributed by atoms with van der Waals surface area (Å²) in [4.78, 5) is 3.54. The lowest BCUT2D eigenvalue weighted by molar-refractivity contribution is 0.159. The Bertz CT molecular complexity index is 932. The van der Waals surface area contributed by atoms with Crippen LogP contribution in [-0.2, 0) is 0 Å². The van der Waals surface area contributed by atoms with E-state index in [0.29, 0.717) is 0 Å². The van der Waals surface area contributed by atoms with Crippen molar-refractivity contribution in [3.05, 3.63) is 41.5 Å². The Morgan fingerprint density at radius 3 is 2.73 bits per heavy atom. The Morgan fingerprint density at radius 2 is 1.95 bits per heavy atom. The zero-order chi connectivity index (χ0) is 15.5. The van der Waals surface area contributed by atoms with Crippen molar-refractivity contribution in [1.29, 1.82) is 0 Å². The van der Waals surface area contributed by atoms with E-state index in [1.807, 2.05) is 0 Å². The highest BCUT2D eigenvalue weighted by atomic mass is 16.5. The topological polar surface area (TPSA) is 34.2 Å². The molecule has 0 spiro atoms. The van der Waals surface area contributed by atoms with Gasteiger partial charge in [-0.15, -0.1) is 0 Å². The van der Waals surface area contributed by atoms with Gasteiger partial charge in [-0.2, -0.15) is 0 Å². The van der Waals surface area contributed by atoms with Crippen LogP contribution in [0.15, 0.2) is 30.3 Å². The van der Waals surface area contributed by atoms with Crippen molar-refractivity contribution >= 4 is 27.9 Å². The first-order valence-corrected chi connectivity index (χ1v) is 7.50. The Kier molecular flexibility index (Phi) is 2.59. The van der Waals surface area contributed by atoms with Gasteiger partial charge >= 0.3 is 0 Å². The first-order valence-electron chi connectivity index (χ1n) is 7.50. The van der Waals surface area contributed by atoms with Gasteiger partial charge in [0, 0.05) is 21.9 Å². The number of rotatable bonds is 1. The van der Waals surface area contributed by atoms with Crippen LogP contribution >= 0.6 is 0 Å². The fraction of sp³-hybridized carbons (Fsp3) is 0.263. The zero-order valence-corrected chi connectivity index (χ0v) is 13.3. The van der Waals surface area contributed by atoms with E-state index in [1.165, 1.54) is 10.8 Å². The molecular formula is C19H19NO2. The molecule has 1 N–H and O–H groups in total. The van der Waals surface area contributed by atoms with Gasteiger partial charge in [-0.05, 0) is 62.8 Å². The van der Waals surface area contributed by atoms with Crippen molar-refractivity contribution in [2.24, 2.45) is 0 Å². The highest BCUT2D eigenvalue weighted by Gasteiger charge is 2.23. The molecular weight excluding hydrogens is 274 g/mol. The predicted octanol–water partition coefficient (Wildman–Crippen LogP) is 4.82. The molecule has 112 valence electrons. The molecule has 0 fully saturated rings. The van der Waals surface area contributed by atoms with Crippen molar-refractivity contribution in [2.75, 3.05) is 7.11 Å². The molecule has 22 heavy (non-hydrogen) atoms. The summed E-state index contributed by atoms with van der Waals surface area (Å²) >= 11 is 0. The number of ether oxygens (including phenoxy) is 2. The molecule has 1 aromatic heterocycles. The summed E-state index contributed by atoms with van der Waals surface area (Å²) < 4.78 is 11.5. The number of nitrogens with one attached hydrogen (secondary N) is 1. The number of hydrogen-bond acceptors (Lipinski definition) is 2. The third-order valence-corrected chi connectivity index (χ3v) is 4.31. The summed E-state index contributed by atoms with van der Waals surface area (Å²) in [7, 11) is 1.71. The number of aromatic amines is 1. The van der Waals surface area contributed by atoms with E-state index in [2.05, 4.69) is 62.2 Å². The maximum atomic E-state index is 6.06. The van der Waals surface area contributed by atoms with Crippen LogP contribution in [0, 0.1) is 6.92 Å². The average molecular weight is 293 g/mol. The molecule has 1 aliphatic rings. The molecule has 3 aromatic rings. The first-order chi connectivity index (χ1) is 10.5. The summed E-state index contributed by atoms with van der Waals surface area (Å²) in [6.07, 6.45) is 4.26. The van der Waals surface area contributed by atoms with E-state index in [1.54, 1.807) is 7.11 Å². The summed E-state index contributed by atoms with van der Waals surface area (Å²) in [6.45, 7) is 6.19. The van der Waals surface area contributed by atoms with Gasteiger partial charge in [-0.3, -0.25) is 0 Å². The molecule has 0 saturated heterocycles. The minimum Gasteiger partial charge on any atom is -0.496 e. The van der Waals surface area contributed by atoms with Gasteiger partial charge in [-0.25, -0.2) is 0 Å². The molecule has 2 aromatic carbocycles. The van der Waals surface area contributed by atoms with Gasteiger partial charge in [0.15, 0.2) is 0 Å². The third kappa shape index (κ3) is 1.82. The smallest absolute Gasteiger partial charge is 0.129 e. The zero-order valence-electron chi connectivity index (χ0n) is 13.3. The minimum absolute atomic E-state index is 0.257. The molecule has 0 radical (unpaired) electrons. The number of fused-ring (bicyclic) bond motifs is 5. The van der Waals surface area contributed by atoms with Gasteiger partial charge in [0.25, 0.3) is 0 Å². The Labute approximate surface area is 129 Å². The van der Waals surface area contributed by atoms with Gasteiger partial charge in [0.1, 0.15) is 17.1 Å². The maximum Gasteiger partial charge on any atom is 0.129 e. The SMILES string of the molecule is COc1cc2c(cc1C)[nH]c1c3c(ccc12)OC(C)(C)C=C3. The van der Waals surface area contributed by atoms with Crippen LogP contribution < -0.4 is 9.47 Å². The fourth-order valence-electron chi connectivity index (χ4n) is 3.18. The van der Waals surface area contributed by atoms with Crippen LogP contribution in [0.3, 0.4) is 0 Å². The van der Waals surface area contributed by atoms with Gasteiger partial charge in [-0.1, -0.05) is 0 Å². The minimum atomic E-state index is -0.257. The van der Waals surface area contributed by atoms with E-state index in [4.69, 9.17) is 9.47 Å². The van der Waals surface area contributed by atoms with E-state index in [9.17, 15) is 0 Å². The molecule has 0 aliphatic carbocycles. The second-order valence-electron chi connectivity index (χ2n) is 6.43. The summed E-state index contributed by atoms with van der Waals surface area (Å²) in [6, 6.07) is 8.42. The molecule has 0 saturated carbocycles. The largest absolute Gasteiger partial charge is 0.496 e. The average Bonchev–Trinajstić information content (AvgIpc) is 2.82. The molecule has 3 nitrogen and oxygen atoms in total. The van der Waals surface area contributed by atoms with Crippen molar-refractivity contribution < 1.29 is 9.47 Å². The fourth-order valence-corrected chi connectivity index (χ4v) is 3.18. The molecule has 0 unspecified atom stereocenters. The molecule has 1 aliphatic heterocycles. The standard InChI is InChI=1S/C19H19NO2/c1-11-9-15-14(10-17(11)21-4)12-5-6-16-13(18(12)20-15)7-8-19(2,3)22-16/h5-10,20H,1-4H3. The second-order valence-corrected chi connectivity index (χ2v) is 6.43. The number of aromatic nitrogens is 1. The molecule has 2 heterocycles. The summed E-state index contributed by atoms with van der Waals surface area (Å²) in [5, 5.41) is 2.37. The first kappa shape index (κ1) is 13.3. The lowest BCUT2D eigenvalue weighted by atomic mass is 10.00. The molecule has 4 rings (SSSR count). The third-order valence-electron chi connectivity index (χ3n) is 4.31. The normalized spacial score (nSPS) is 15.8. The quantitative estimate of drug-likeness (QED) is 0.698. The van der Waals surface area contributed by atoms with Crippen LogP contribution in [0.1, 0.15) is 25.0 Å². The summed E-state index contributed by atoms with van der Waals surface area (Å²) in [5.74, 6) is 1.84. The van der Waals surface area contributed by atoms with Crippen LogP contribution in [0.5, 0.6) is 11.5 Å². The lowest BCUT2D eigenvalue weighted by Crippen LogP contribution is -2.27. The highest BCUT2D eigenvalue weighted by molar-refractivity contribution is 6.11. The number of methoxy groups -OCH3 is 1. The number of H-pyrrole nitrogens is 1. The van der Waals surface area contributed by atoms with Crippen LogP contribution in [0.4, 0.5) is 0 Å². The number of hydrogen-bond donors (Lipinski definition) is 1. The van der Waals surface area contributed by atoms with Gasteiger partial charge in [0.2, 0.25) is 0 Å². The summed E-state index contributed by atoms with van der Waals surface area (Å²) in [5.41, 5.74) is 4.23. The van der Waals surface area contributed by atoms with Crippen LogP contribution in [0.25, 0.3) is 27.9 Å². The van der Waals surface area contributed by atoms with Crippen LogP contribution in [-0.4, -0.2) is 17.7 Å². The molecule has 0 bridgehead atoms. The highest BCUT2D eigenvalue weighted by Crippen LogP contribution is 2.39. The molecule has 0 amide bonds. The monoisotopic (exact) mass is 293 g/mol. The van der Waals surface area contributed by atoms with Gasteiger partial charge in [0.05, 0.1) is 12.6 Å². The van der Waals surface area contributed by atoms with E-state index in [-0.39, 0.29) is 5.60 Å².